The highest BCUT2D eigenvalue weighted by Crippen LogP contribution is 2.14. The Kier molecular flexibility index (Phi) is 36.0. The summed E-state index contributed by atoms with van der Waals surface area (Å²) in [6, 6.07) is -0.805. The quantitative estimate of drug-likeness (QED) is 0.0465. The Bertz CT molecular complexity index is 1230. The number of Topliss-reactive ketones (excluding diaryl/α,β-unsaturated/α-hetero) is 1. The Morgan fingerprint density at radius 1 is 0.633 bits per heavy atom. The Morgan fingerprint density at radius 3 is 1.55 bits per heavy atom. The van der Waals surface area contributed by atoms with Crippen molar-refractivity contribution >= 4 is 29.4 Å². The summed E-state index contributed by atoms with van der Waals surface area (Å²) >= 11 is 0. The summed E-state index contributed by atoms with van der Waals surface area (Å²) in [6.07, 6.45) is 22.0. The molecule has 0 spiro atoms. The topological polar surface area (TPSA) is 269 Å². The van der Waals surface area contributed by atoms with Crippen LogP contribution in [0.25, 0.3) is 0 Å². The Hall–Kier alpha value is -3.52. The number of H-pyrrole nitrogens is 1. The van der Waals surface area contributed by atoms with Crippen LogP contribution < -0.4 is 27.4 Å². The lowest BCUT2D eigenvalue weighted by Crippen LogP contribution is -2.38. The van der Waals surface area contributed by atoms with Gasteiger partial charge in [-0.15, -0.1) is 0 Å². The summed E-state index contributed by atoms with van der Waals surface area (Å²) < 4.78 is 26.9. The fourth-order valence-corrected chi connectivity index (χ4v) is 6.05. The second kappa shape index (κ2) is 39.6. The van der Waals surface area contributed by atoms with E-state index in [0.29, 0.717) is 38.5 Å². The smallest absolute Gasteiger partial charge is 0.246 e. The number of rotatable bonds is 44. The summed E-state index contributed by atoms with van der Waals surface area (Å²) in [5.74, 6) is -2.42. The first-order valence-corrected chi connectivity index (χ1v) is 22.1. The van der Waals surface area contributed by atoms with Crippen LogP contribution >= 0.6 is 0 Å². The van der Waals surface area contributed by atoms with Crippen LogP contribution in [0, 0.1) is 5.92 Å². The highest BCUT2D eigenvalue weighted by molar-refractivity contribution is 5.89. The molecular formula is C42H79N7O11. The van der Waals surface area contributed by atoms with Gasteiger partial charge in [0.25, 0.3) is 0 Å². The number of amides is 4. The van der Waals surface area contributed by atoms with Crippen LogP contribution in [0.15, 0.2) is 12.5 Å². The molecule has 1 rings (SSSR count). The zero-order valence-corrected chi connectivity index (χ0v) is 36.1. The molecule has 0 aliphatic carbocycles. The van der Waals surface area contributed by atoms with E-state index in [4.69, 9.17) is 40.3 Å². The van der Waals surface area contributed by atoms with E-state index in [9.17, 15) is 24.0 Å². The lowest BCUT2D eigenvalue weighted by atomic mass is 9.97. The van der Waals surface area contributed by atoms with Gasteiger partial charge in [0.15, 0.2) is 5.78 Å². The number of carbonyl (C=O) groups excluding carboxylic acids is 5. The highest BCUT2D eigenvalue weighted by atomic mass is 16.5. The van der Waals surface area contributed by atoms with Crippen molar-refractivity contribution in [1.29, 1.82) is 0 Å². The molecule has 0 aromatic carbocycles. The maximum Gasteiger partial charge on any atom is 0.246 e. The maximum absolute atomic E-state index is 12.4. The molecule has 0 aliphatic heterocycles. The zero-order valence-electron chi connectivity index (χ0n) is 36.1. The molecule has 348 valence electrons. The van der Waals surface area contributed by atoms with Crippen LogP contribution in [-0.4, -0.2) is 143 Å². The van der Waals surface area contributed by atoms with Crippen molar-refractivity contribution in [3.8, 4) is 0 Å². The monoisotopic (exact) mass is 858 g/mol. The standard InChI is InChI=1S/C42H77N7O11.H2/c43-37(29-36-30-45-34-49-36)38(51)28-35(42(44)55)31-58-23-19-48-41(54)33-60-27-25-57-22-18-47-40(53)32-59-26-24-56-21-17-46-39(52)16-14-12-10-8-6-4-2-1-3-5-7-9-11-13-15-20-50;/h30,34-35,37,50H,1-29,31-33,43H2,(H2,44,55)(H,45,49)(H,46,52)(H,47,53)(H,48,54);1H/t35-,37-;/m0./s1. The van der Waals surface area contributed by atoms with Crippen LogP contribution in [-0.2, 0) is 54.1 Å². The highest BCUT2D eigenvalue weighted by Gasteiger charge is 2.24. The number of nitrogens with two attached hydrogens (primary N) is 2. The molecule has 0 radical (unpaired) electrons. The van der Waals surface area contributed by atoms with E-state index < -0.39 is 17.9 Å². The molecule has 0 unspecified atom stereocenters. The van der Waals surface area contributed by atoms with E-state index in [0.717, 1.165) is 25.7 Å². The molecule has 1 aromatic rings. The minimum Gasteiger partial charge on any atom is -0.396 e. The first kappa shape index (κ1) is 54.5. The molecular weight excluding hydrogens is 778 g/mol. The molecule has 18 heteroatoms. The number of aliphatic hydroxyl groups excluding tert-OH is 1. The predicted molar refractivity (Wildman–Crippen MR) is 229 cm³/mol. The first-order valence-electron chi connectivity index (χ1n) is 22.1. The van der Waals surface area contributed by atoms with Gasteiger partial charge in [0, 0.05) is 58.8 Å². The van der Waals surface area contributed by atoms with Crippen molar-refractivity contribution in [3.05, 3.63) is 18.2 Å². The SMILES string of the molecule is NC(=O)[C@H](COCCNC(=O)COCCOCCNC(=O)COCCOCCNC(=O)CCCCCCCCCCCCCCCCCO)CC(=O)[C@@H](N)Cc1cnc[nH]1.[HH]. The fraction of sp³-hybridized carbons (Fsp3) is 0.810. The Labute approximate surface area is 358 Å². The van der Waals surface area contributed by atoms with E-state index in [1.807, 2.05) is 0 Å². The van der Waals surface area contributed by atoms with Crippen LogP contribution in [0.3, 0.4) is 0 Å². The average molecular weight is 858 g/mol. The van der Waals surface area contributed by atoms with Crippen LogP contribution in [0.2, 0.25) is 0 Å². The maximum atomic E-state index is 12.4. The van der Waals surface area contributed by atoms with E-state index in [2.05, 4.69) is 25.9 Å². The number of aromatic nitrogens is 2. The number of imidazole rings is 1. The molecule has 0 saturated carbocycles. The summed E-state index contributed by atoms with van der Waals surface area (Å²) in [4.78, 5) is 66.9. The zero-order chi connectivity index (χ0) is 43.7. The number of unbranched alkanes of at least 4 members (excludes halogenated alkanes) is 14. The average Bonchev–Trinajstić information content (AvgIpc) is 3.74. The summed E-state index contributed by atoms with van der Waals surface area (Å²) in [6.45, 7) is 2.58. The number of hydrogen-bond acceptors (Lipinski definition) is 13. The van der Waals surface area contributed by atoms with Gasteiger partial charge < -0.3 is 61.2 Å². The molecule has 18 nitrogen and oxygen atoms in total. The number of ether oxygens (including phenoxy) is 5. The van der Waals surface area contributed by atoms with E-state index in [1.165, 1.54) is 77.0 Å². The van der Waals surface area contributed by atoms with Crippen LogP contribution in [0.4, 0.5) is 0 Å². The second-order valence-electron chi connectivity index (χ2n) is 14.9. The molecule has 0 saturated heterocycles. The van der Waals surface area contributed by atoms with Gasteiger partial charge in [-0.05, 0) is 12.8 Å². The van der Waals surface area contributed by atoms with Crippen molar-refractivity contribution in [1.82, 2.24) is 25.9 Å². The number of aliphatic hydroxyl groups is 1. The Balaban J connectivity index is 0.0000360. The largest absolute Gasteiger partial charge is 0.396 e. The number of aromatic amines is 1. The third kappa shape index (κ3) is 34.2. The van der Waals surface area contributed by atoms with Crippen molar-refractivity contribution in [2.24, 2.45) is 17.4 Å². The molecule has 0 bridgehead atoms. The van der Waals surface area contributed by atoms with Crippen LogP contribution in [0.5, 0.6) is 0 Å². The number of nitrogens with zero attached hydrogens (tertiary/aromatic N) is 1. The van der Waals surface area contributed by atoms with Gasteiger partial charge in [-0.25, -0.2) is 4.98 Å². The van der Waals surface area contributed by atoms with Gasteiger partial charge in [0.1, 0.15) is 13.2 Å². The summed E-state index contributed by atoms with van der Waals surface area (Å²) in [7, 11) is 0. The van der Waals surface area contributed by atoms with Crippen molar-refractivity contribution in [2.45, 2.75) is 122 Å². The van der Waals surface area contributed by atoms with Gasteiger partial charge in [-0.1, -0.05) is 83.5 Å². The van der Waals surface area contributed by atoms with Crippen LogP contribution in [0.1, 0.15) is 116 Å². The Morgan fingerprint density at radius 2 is 1.08 bits per heavy atom. The first-order chi connectivity index (χ1) is 29.2. The molecule has 60 heavy (non-hydrogen) atoms. The molecule has 0 aliphatic rings. The number of primary amides is 1. The molecule has 4 amide bonds. The molecule has 0 fully saturated rings. The van der Waals surface area contributed by atoms with Gasteiger partial charge >= 0.3 is 0 Å². The minimum atomic E-state index is -0.838. The van der Waals surface area contributed by atoms with Gasteiger partial charge in [-0.2, -0.15) is 0 Å². The number of hydrogen-bond donors (Lipinski definition) is 7. The lowest BCUT2D eigenvalue weighted by molar-refractivity contribution is -0.130. The molecule has 1 aromatic heterocycles. The van der Waals surface area contributed by atoms with Gasteiger partial charge in [0.2, 0.25) is 23.6 Å². The third-order valence-electron chi connectivity index (χ3n) is 9.56. The van der Waals surface area contributed by atoms with E-state index >= 15 is 0 Å². The van der Waals surface area contributed by atoms with E-state index in [1.54, 1.807) is 6.20 Å². The number of carbonyl (C=O) groups is 5. The lowest BCUT2D eigenvalue weighted by Gasteiger charge is -2.16. The van der Waals surface area contributed by atoms with Crippen molar-refractivity contribution in [3.63, 3.8) is 0 Å². The number of ketones is 1. The third-order valence-corrected chi connectivity index (χ3v) is 9.56. The summed E-state index contributed by atoms with van der Waals surface area (Å²) in [5, 5.41) is 17.0. The normalized spacial score (nSPS) is 12.2. The number of nitrogens with one attached hydrogen (secondary N) is 4. The van der Waals surface area contributed by atoms with Gasteiger partial charge in [-0.3, -0.25) is 24.0 Å². The second-order valence-corrected chi connectivity index (χ2v) is 14.9. The predicted octanol–water partition coefficient (Wildman–Crippen LogP) is 2.25. The molecule has 9 N–H and O–H groups in total. The minimum absolute atomic E-state index is 0. The summed E-state index contributed by atoms with van der Waals surface area (Å²) in [5.41, 5.74) is 12.1. The van der Waals surface area contributed by atoms with Crippen molar-refractivity contribution < 1.29 is 54.2 Å². The molecule has 2 atom stereocenters. The van der Waals surface area contributed by atoms with Crippen molar-refractivity contribution in [2.75, 3.05) is 92.3 Å². The van der Waals surface area contributed by atoms with Gasteiger partial charge in [0.05, 0.1) is 71.1 Å². The molecule has 1 heterocycles. The van der Waals surface area contributed by atoms with E-state index in [-0.39, 0.29) is 104 Å². The fourth-order valence-electron chi connectivity index (χ4n) is 6.05.